The van der Waals surface area contributed by atoms with Crippen LogP contribution < -0.4 is 11.1 Å². The molecular formula is C26H26N2S. The molecule has 0 aliphatic heterocycles. The van der Waals surface area contributed by atoms with Crippen molar-refractivity contribution in [1.29, 1.82) is 0 Å². The fraction of sp³-hybridized carbons (Fsp3) is 0.154. The first-order chi connectivity index (χ1) is 14.0. The molecule has 1 aliphatic carbocycles. The normalized spacial score (nSPS) is 12.6. The summed E-state index contributed by atoms with van der Waals surface area (Å²) in [6.45, 7) is 8.14. The summed E-state index contributed by atoms with van der Waals surface area (Å²) in [6, 6.07) is 21.3. The summed E-state index contributed by atoms with van der Waals surface area (Å²) in [5.41, 5.74) is 15.5. The van der Waals surface area contributed by atoms with Gasteiger partial charge in [-0.15, -0.1) is 0 Å². The zero-order valence-electron chi connectivity index (χ0n) is 17.0. The largest absolute Gasteiger partial charge is 0.398 e. The van der Waals surface area contributed by atoms with Crippen molar-refractivity contribution in [2.45, 2.75) is 36.5 Å². The van der Waals surface area contributed by atoms with Gasteiger partial charge >= 0.3 is 0 Å². The second kappa shape index (κ2) is 8.22. The number of hydrogen-bond donors (Lipinski definition) is 2. The molecule has 0 aromatic heterocycles. The lowest BCUT2D eigenvalue weighted by atomic mass is 10.0. The van der Waals surface area contributed by atoms with E-state index in [0.717, 1.165) is 16.9 Å². The summed E-state index contributed by atoms with van der Waals surface area (Å²) in [4.78, 5) is 2.40. The van der Waals surface area contributed by atoms with Gasteiger partial charge in [-0.3, -0.25) is 0 Å². The number of hydrogen-bond acceptors (Lipinski definition) is 3. The molecule has 0 amide bonds. The van der Waals surface area contributed by atoms with Gasteiger partial charge in [-0.1, -0.05) is 54.7 Å². The monoisotopic (exact) mass is 398 g/mol. The van der Waals surface area contributed by atoms with Crippen LogP contribution in [0.5, 0.6) is 0 Å². The highest BCUT2D eigenvalue weighted by molar-refractivity contribution is 7.99. The minimum atomic E-state index is 0.774. The summed E-state index contributed by atoms with van der Waals surface area (Å²) in [7, 11) is 0. The topological polar surface area (TPSA) is 38.0 Å². The van der Waals surface area contributed by atoms with E-state index in [1.165, 1.54) is 50.6 Å². The van der Waals surface area contributed by atoms with E-state index in [4.69, 9.17) is 5.73 Å². The molecule has 3 aromatic carbocycles. The number of nitrogens with one attached hydrogen (secondary N) is 1. The van der Waals surface area contributed by atoms with Gasteiger partial charge in [0.15, 0.2) is 0 Å². The second-order valence-electron chi connectivity index (χ2n) is 7.50. The third-order valence-corrected chi connectivity index (χ3v) is 6.35. The molecule has 0 atom stereocenters. The Morgan fingerprint density at radius 1 is 1.00 bits per heavy atom. The van der Waals surface area contributed by atoms with Crippen LogP contribution in [0.2, 0.25) is 0 Å². The Kier molecular flexibility index (Phi) is 5.50. The molecule has 0 heterocycles. The lowest BCUT2D eigenvalue weighted by Gasteiger charge is -2.15. The van der Waals surface area contributed by atoms with E-state index in [2.05, 4.69) is 80.3 Å². The molecule has 146 valence electrons. The van der Waals surface area contributed by atoms with Crippen LogP contribution in [0.1, 0.15) is 35.1 Å². The summed E-state index contributed by atoms with van der Waals surface area (Å²) in [5, 5.41) is 3.70. The van der Waals surface area contributed by atoms with Gasteiger partial charge in [0.25, 0.3) is 0 Å². The molecule has 0 radical (unpaired) electrons. The molecule has 29 heavy (non-hydrogen) atoms. The van der Waals surface area contributed by atoms with E-state index in [-0.39, 0.29) is 0 Å². The average molecular weight is 399 g/mol. The first-order valence-electron chi connectivity index (χ1n) is 9.90. The van der Waals surface area contributed by atoms with E-state index in [0.29, 0.717) is 0 Å². The minimum Gasteiger partial charge on any atom is -0.398 e. The minimum absolute atomic E-state index is 0.774. The van der Waals surface area contributed by atoms with Crippen molar-refractivity contribution in [2.24, 2.45) is 0 Å². The molecule has 2 nitrogen and oxygen atoms in total. The van der Waals surface area contributed by atoms with Gasteiger partial charge in [0.1, 0.15) is 0 Å². The molecule has 3 aromatic rings. The Morgan fingerprint density at radius 2 is 1.79 bits per heavy atom. The van der Waals surface area contributed by atoms with Crippen LogP contribution in [0.15, 0.2) is 82.6 Å². The first-order valence-corrected chi connectivity index (χ1v) is 10.7. The Hall–Kier alpha value is -2.91. The van der Waals surface area contributed by atoms with E-state index in [9.17, 15) is 0 Å². The highest BCUT2D eigenvalue weighted by atomic mass is 32.2. The maximum Gasteiger partial charge on any atom is 0.0452 e. The standard InChI is InChI=1S/C26H26N2S/c1-4-19-15-25(18(3)14-24(19)27)29-22-10-7-9-21(16-22)28-26(20-12-13-20)23-11-6-5-8-17(23)2/h4-11,14-16,28H,1,12-13,27H2,2-3H3. The van der Waals surface area contributed by atoms with E-state index >= 15 is 0 Å². The van der Waals surface area contributed by atoms with Crippen LogP contribution in [0.3, 0.4) is 0 Å². The van der Waals surface area contributed by atoms with Crippen LogP contribution in [-0.4, -0.2) is 0 Å². The number of benzene rings is 3. The van der Waals surface area contributed by atoms with Crippen molar-refractivity contribution in [2.75, 3.05) is 11.1 Å². The van der Waals surface area contributed by atoms with Crippen LogP contribution in [-0.2, 0) is 0 Å². The molecular weight excluding hydrogens is 372 g/mol. The molecule has 0 saturated heterocycles. The van der Waals surface area contributed by atoms with Gasteiger partial charge in [-0.25, -0.2) is 0 Å². The second-order valence-corrected chi connectivity index (χ2v) is 8.61. The lowest BCUT2D eigenvalue weighted by molar-refractivity contribution is 1.29. The Bertz CT molecular complexity index is 1110. The van der Waals surface area contributed by atoms with Gasteiger partial charge in [-0.2, -0.15) is 0 Å². The molecule has 1 fully saturated rings. The smallest absolute Gasteiger partial charge is 0.0452 e. The number of anilines is 2. The van der Waals surface area contributed by atoms with Crippen molar-refractivity contribution in [1.82, 2.24) is 0 Å². The van der Waals surface area contributed by atoms with Crippen LogP contribution in [0, 0.1) is 13.8 Å². The van der Waals surface area contributed by atoms with Crippen molar-refractivity contribution in [3.05, 3.63) is 95.1 Å². The summed E-state index contributed by atoms with van der Waals surface area (Å²) >= 11 is 1.76. The maximum atomic E-state index is 6.08. The van der Waals surface area contributed by atoms with Crippen molar-refractivity contribution >= 4 is 34.9 Å². The van der Waals surface area contributed by atoms with Crippen molar-refractivity contribution < 1.29 is 0 Å². The highest BCUT2D eigenvalue weighted by Gasteiger charge is 2.20. The first kappa shape index (κ1) is 19.4. The predicted molar refractivity (Wildman–Crippen MR) is 127 cm³/mol. The quantitative estimate of drug-likeness (QED) is 0.428. The van der Waals surface area contributed by atoms with Crippen LogP contribution in [0.4, 0.5) is 11.4 Å². The Balaban J connectivity index is 1.61. The lowest BCUT2D eigenvalue weighted by Crippen LogP contribution is -2.01. The molecule has 0 unspecified atom stereocenters. The van der Waals surface area contributed by atoms with Crippen molar-refractivity contribution in [3.8, 4) is 0 Å². The van der Waals surface area contributed by atoms with E-state index in [1.807, 2.05) is 12.1 Å². The van der Waals surface area contributed by atoms with Crippen LogP contribution in [0.25, 0.3) is 11.8 Å². The molecule has 1 saturated carbocycles. The summed E-state index contributed by atoms with van der Waals surface area (Å²) < 4.78 is 0. The molecule has 0 spiro atoms. The van der Waals surface area contributed by atoms with Crippen LogP contribution >= 0.6 is 11.8 Å². The fourth-order valence-corrected chi connectivity index (χ4v) is 4.43. The summed E-state index contributed by atoms with van der Waals surface area (Å²) in [5.74, 6) is 0. The summed E-state index contributed by atoms with van der Waals surface area (Å²) in [6.07, 6.45) is 4.17. The van der Waals surface area contributed by atoms with Gasteiger partial charge < -0.3 is 11.1 Å². The predicted octanol–water partition coefficient (Wildman–Crippen LogP) is 7.30. The highest BCUT2D eigenvalue weighted by Crippen LogP contribution is 2.39. The number of aryl methyl sites for hydroxylation is 2. The molecule has 3 heteroatoms. The third kappa shape index (κ3) is 4.41. The Labute approximate surface area is 177 Å². The molecule has 1 aliphatic rings. The molecule has 3 N–H and O–H groups in total. The van der Waals surface area contributed by atoms with Gasteiger partial charge in [0.2, 0.25) is 0 Å². The zero-order valence-corrected chi connectivity index (χ0v) is 17.8. The van der Waals surface area contributed by atoms with Gasteiger partial charge in [0, 0.05) is 32.4 Å². The SMILES string of the molecule is C=Cc1cc(Sc2cccc(NC(=C3CC3)c3ccccc3C)c2)c(C)cc1N. The Morgan fingerprint density at radius 3 is 2.52 bits per heavy atom. The van der Waals surface area contributed by atoms with E-state index < -0.39 is 0 Å². The number of rotatable bonds is 6. The number of nitrogen functional groups attached to an aromatic ring is 1. The third-order valence-electron chi connectivity index (χ3n) is 5.20. The number of allylic oxidation sites excluding steroid dienone is 1. The fourth-order valence-electron chi connectivity index (χ4n) is 3.43. The number of nitrogens with two attached hydrogens (primary N) is 1. The average Bonchev–Trinajstić information content (AvgIpc) is 3.54. The van der Waals surface area contributed by atoms with Crippen molar-refractivity contribution in [3.63, 3.8) is 0 Å². The van der Waals surface area contributed by atoms with E-state index in [1.54, 1.807) is 11.8 Å². The van der Waals surface area contributed by atoms with Gasteiger partial charge in [0.05, 0.1) is 0 Å². The maximum absolute atomic E-state index is 6.08. The molecule has 0 bridgehead atoms. The molecule has 4 rings (SSSR count). The van der Waals surface area contributed by atoms with Gasteiger partial charge in [-0.05, 0) is 79.3 Å². The zero-order chi connectivity index (χ0) is 20.4.